The second-order valence-corrected chi connectivity index (χ2v) is 4.96. The number of rotatable bonds is 6. The van der Waals surface area contributed by atoms with Crippen LogP contribution in [0.25, 0.3) is 0 Å². The molecule has 0 spiro atoms. The summed E-state index contributed by atoms with van der Waals surface area (Å²) in [6.45, 7) is 0.533. The molecule has 5 heteroatoms. The van der Waals surface area contributed by atoms with Gasteiger partial charge in [-0.3, -0.25) is 9.89 Å². The van der Waals surface area contributed by atoms with Gasteiger partial charge in [0.05, 0.1) is 6.20 Å². The SMILES string of the molecule is O=C(CCSc1ccccc1)NCc1cn[nH]c1. The van der Waals surface area contributed by atoms with Gasteiger partial charge < -0.3 is 5.32 Å². The van der Waals surface area contributed by atoms with Crippen LogP contribution in [0.3, 0.4) is 0 Å². The number of aromatic nitrogens is 2. The van der Waals surface area contributed by atoms with E-state index in [0.717, 1.165) is 11.3 Å². The minimum atomic E-state index is 0.0691. The number of H-pyrrole nitrogens is 1. The van der Waals surface area contributed by atoms with Crippen molar-refractivity contribution in [3.63, 3.8) is 0 Å². The number of nitrogens with one attached hydrogen (secondary N) is 2. The van der Waals surface area contributed by atoms with Crippen LogP contribution in [0.1, 0.15) is 12.0 Å². The molecule has 0 atom stereocenters. The van der Waals surface area contributed by atoms with Crippen molar-refractivity contribution in [3.8, 4) is 0 Å². The van der Waals surface area contributed by atoms with E-state index in [9.17, 15) is 4.79 Å². The number of aromatic amines is 1. The van der Waals surface area contributed by atoms with Crippen LogP contribution in [0.4, 0.5) is 0 Å². The standard InChI is InChI=1S/C13H15N3OS/c17-13(14-8-11-9-15-16-10-11)6-7-18-12-4-2-1-3-5-12/h1-5,9-10H,6-8H2,(H,14,17)(H,15,16). The summed E-state index contributed by atoms with van der Waals surface area (Å²) in [5.41, 5.74) is 0.985. The monoisotopic (exact) mass is 261 g/mol. The molecule has 0 radical (unpaired) electrons. The molecule has 0 bridgehead atoms. The van der Waals surface area contributed by atoms with E-state index < -0.39 is 0 Å². The Hall–Kier alpha value is -1.75. The number of hydrogen-bond donors (Lipinski definition) is 2. The van der Waals surface area contributed by atoms with Crippen molar-refractivity contribution in [1.29, 1.82) is 0 Å². The summed E-state index contributed by atoms with van der Waals surface area (Å²) in [6.07, 6.45) is 4.01. The van der Waals surface area contributed by atoms with Gasteiger partial charge in [-0.15, -0.1) is 11.8 Å². The maximum atomic E-state index is 11.6. The molecular formula is C13H15N3OS. The molecule has 18 heavy (non-hydrogen) atoms. The fraction of sp³-hybridized carbons (Fsp3) is 0.231. The second kappa shape index (κ2) is 6.86. The van der Waals surface area contributed by atoms with E-state index in [0.29, 0.717) is 13.0 Å². The average molecular weight is 261 g/mol. The Morgan fingerprint density at radius 1 is 1.33 bits per heavy atom. The minimum Gasteiger partial charge on any atom is -0.352 e. The Morgan fingerprint density at radius 3 is 2.89 bits per heavy atom. The molecule has 0 unspecified atom stereocenters. The van der Waals surface area contributed by atoms with Gasteiger partial charge in [-0.25, -0.2) is 0 Å². The van der Waals surface area contributed by atoms with E-state index in [4.69, 9.17) is 0 Å². The van der Waals surface area contributed by atoms with Crippen LogP contribution in [0.15, 0.2) is 47.6 Å². The normalized spacial score (nSPS) is 10.2. The smallest absolute Gasteiger partial charge is 0.221 e. The summed E-state index contributed by atoms with van der Waals surface area (Å²) in [5, 5.41) is 9.39. The molecule has 2 N–H and O–H groups in total. The van der Waals surface area contributed by atoms with Crippen LogP contribution in [0.2, 0.25) is 0 Å². The van der Waals surface area contributed by atoms with Crippen molar-refractivity contribution in [2.75, 3.05) is 5.75 Å². The Kier molecular flexibility index (Phi) is 4.84. The van der Waals surface area contributed by atoms with E-state index in [2.05, 4.69) is 15.5 Å². The van der Waals surface area contributed by atoms with Gasteiger partial charge in [0.2, 0.25) is 5.91 Å². The average Bonchev–Trinajstić information content (AvgIpc) is 2.91. The first-order valence-electron chi connectivity index (χ1n) is 5.77. The summed E-state index contributed by atoms with van der Waals surface area (Å²) in [4.78, 5) is 12.8. The van der Waals surface area contributed by atoms with Gasteiger partial charge in [-0.1, -0.05) is 18.2 Å². The first-order valence-corrected chi connectivity index (χ1v) is 6.75. The van der Waals surface area contributed by atoms with E-state index in [-0.39, 0.29) is 5.91 Å². The topological polar surface area (TPSA) is 57.8 Å². The number of thioether (sulfide) groups is 1. The van der Waals surface area contributed by atoms with Crippen molar-refractivity contribution in [2.24, 2.45) is 0 Å². The molecule has 1 amide bonds. The number of hydrogen-bond acceptors (Lipinski definition) is 3. The Bertz CT molecular complexity index is 470. The second-order valence-electron chi connectivity index (χ2n) is 3.79. The lowest BCUT2D eigenvalue weighted by molar-refractivity contribution is -0.120. The number of carbonyl (C=O) groups excluding carboxylic acids is 1. The maximum absolute atomic E-state index is 11.6. The van der Waals surface area contributed by atoms with Gasteiger partial charge in [0.15, 0.2) is 0 Å². The van der Waals surface area contributed by atoms with Crippen molar-refractivity contribution >= 4 is 17.7 Å². The molecule has 1 heterocycles. The third-order valence-corrected chi connectivity index (χ3v) is 3.40. The van der Waals surface area contributed by atoms with Crippen molar-refractivity contribution in [2.45, 2.75) is 17.9 Å². The Labute approximate surface area is 110 Å². The lowest BCUT2D eigenvalue weighted by Crippen LogP contribution is -2.22. The predicted molar refractivity (Wildman–Crippen MR) is 72.2 cm³/mol. The molecule has 4 nitrogen and oxygen atoms in total. The third kappa shape index (κ3) is 4.25. The summed E-state index contributed by atoms with van der Waals surface area (Å²) >= 11 is 1.69. The molecule has 0 fully saturated rings. The van der Waals surface area contributed by atoms with Crippen LogP contribution in [-0.4, -0.2) is 21.9 Å². The minimum absolute atomic E-state index is 0.0691. The first kappa shape index (κ1) is 12.7. The number of amides is 1. The zero-order chi connectivity index (χ0) is 12.6. The lowest BCUT2D eigenvalue weighted by atomic mass is 10.3. The third-order valence-electron chi connectivity index (χ3n) is 2.39. The molecule has 1 aromatic heterocycles. The molecule has 0 aliphatic heterocycles. The highest BCUT2D eigenvalue weighted by Gasteiger charge is 2.02. The fourth-order valence-corrected chi connectivity index (χ4v) is 2.31. The first-order chi connectivity index (χ1) is 8.84. The number of carbonyl (C=O) groups is 1. The molecular weight excluding hydrogens is 246 g/mol. The molecule has 0 aliphatic rings. The summed E-state index contributed by atoms with van der Waals surface area (Å²) in [6, 6.07) is 10.1. The summed E-state index contributed by atoms with van der Waals surface area (Å²) in [7, 11) is 0. The van der Waals surface area contributed by atoms with E-state index >= 15 is 0 Å². The molecule has 1 aromatic carbocycles. The van der Waals surface area contributed by atoms with E-state index in [1.54, 1.807) is 24.2 Å². The largest absolute Gasteiger partial charge is 0.352 e. The Balaban J connectivity index is 1.63. The molecule has 94 valence electrons. The van der Waals surface area contributed by atoms with Gasteiger partial charge in [0, 0.05) is 35.4 Å². The molecule has 2 aromatic rings. The summed E-state index contributed by atoms with van der Waals surface area (Å²) in [5.74, 6) is 0.862. The highest BCUT2D eigenvalue weighted by molar-refractivity contribution is 7.99. The van der Waals surface area contributed by atoms with Gasteiger partial charge in [0.25, 0.3) is 0 Å². The highest BCUT2D eigenvalue weighted by Crippen LogP contribution is 2.17. The zero-order valence-electron chi connectivity index (χ0n) is 9.93. The number of benzene rings is 1. The van der Waals surface area contributed by atoms with Crippen molar-refractivity contribution < 1.29 is 4.79 Å². The van der Waals surface area contributed by atoms with E-state index in [1.807, 2.05) is 30.3 Å². The lowest BCUT2D eigenvalue weighted by Gasteiger charge is -2.03. The van der Waals surface area contributed by atoms with Gasteiger partial charge in [-0.05, 0) is 12.1 Å². The predicted octanol–water partition coefficient (Wildman–Crippen LogP) is 2.21. The molecule has 2 rings (SSSR count). The highest BCUT2D eigenvalue weighted by atomic mass is 32.2. The Morgan fingerprint density at radius 2 is 2.17 bits per heavy atom. The van der Waals surface area contributed by atoms with Crippen molar-refractivity contribution in [3.05, 3.63) is 48.3 Å². The van der Waals surface area contributed by atoms with Gasteiger partial charge in [0.1, 0.15) is 0 Å². The van der Waals surface area contributed by atoms with Crippen LogP contribution >= 0.6 is 11.8 Å². The van der Waals surface area contributed by atoms with Crippen LogP contribution < -0.4 is 5.32 Å². The summed E-state index contributed by atoms with van der Waals surface area (Å²) < 4.78 is 0. The van der Waals surface area contributed by atoms with E-state index in [1.165, 1.54) is 4.90 Å². The maximum Gasteiger partial charge on any atom is 0.221 e. The molecule has 0 saturated heterocycles. The number of nitrogens with zero attached hydrogens (tertiary/aromatic N) is 1. The van der Waals surface area contributed by atoms with Crippen LogP contribution in [0, 0.1) is 0 Å². The van der Waals surface area contributed by atoms with Crippen molar-refractivity contribution in [1.82, 2.24) is 15.5 Å². The zero-order valence-corrected chi connectivity index (χ0v) is 10.7. The van der Waals surface area contributed by atoms with Gasteiger partial charge >= 0.3 is 0 Å². The quantitative estimate of drug-likeness (QED) is 0.784. The fourth-order valence-electron chi connectivity index (χ4n) is 1.44. The van der Waals surface area contributed by atoms with Crippen LogP contribution in [0.5, 0.6) is 0 Å². The molecule has 0 aliphatic carbocycles. The van der Waals surface area contributed by atoms with Gasteiger partial charge in [-0.2, -0.15) is 5.10 Å². The van der Waals surface area contributed by atoms with Crippen LogP contribution in [-0.2, 0) is 11.3 Å². The molecule has 0 saturated carbocycles.